The van der Waals surface area contributed by atoms with Gasteiger partial charge in [-0.2, -0.15) is 5.10 Å². The number of nitrogens with two attached hydrogens (primary N) is 1. The van der Waals surface area contributed by atoms with Crippen LogP contribution in [-0.4, -0.2) is 40.1 Å². The van der Waals surface area contributed by atoms with Gasteiger partial charge in [0.15, 0.2) is 0 Å². The highest BCUT2D eigenvalue weighted by atomic mass is 16.2. The molecule has 0 bridgehead atoms. The first-order valence-electron chi connectivity index (χ1n) is 6.64. The normalized spacial score (nSPS) is 23.2. The molecule has 5 heteroatoms. The molecule has 19 heavy (non-hydrogen) atoms. The minimum Gasteiger partial charge on any atom is -0.336 e. The van der Waals surface area contributed by atoms with Gasteiger partial charge in [0, 0.05) is 18.0 Å². The van der Waals surface area contributed by atoms with Crippen molar-refractivity contribution in [1.29, 1.82) is 0 Å². The Balaban J connectivity index is 1.94. The molecule has 1 aromatic heterocycles. The third-order valence-corrected chi connectivity index (χ3v) is 3.97. The molecule has 1 saturated heterocycles. The fourth-order valence-electron chi connectivity index (χ4n) is 2.91. The topological polar surface area (TPSA) is 75.0 Å². The van der Waals surface area contributed by atoms with Crippen molar-refractivity contribution in [3.63, 3.8) is 0 Å². The lowest BCUT2D eigenvalue weighted by Crippen LogP contribution is -2.34. The van der Waals surface area contributed by atoms with Crippen molar-refractivity contribution >= 4 is 16.8 Å². The van der Waals surface area contributed by atoms with Gasteiger partial charge in [-0.1, -0.05) is 6.07 Å². The summed E-state index contributed by atoms with van der Waals surface area (Å²) in [5.74, 6) is 0.498. The summed E-state index contributed by atoms with van der Waals surface area (Å²) in [5, 5.41) is 7.79. The van der Waals surface area contributed by atoms with Crippen molar-refractivity contribution in [2.24, 2.45) is 11.7 Å². The lowest BCUT2D eigenvalue weighted by molar-refractivity contribution is 0.0745. The van der Waals surface area contributed by atoms with Crippen LogP contribution in [0.5, 0.6) is 0 Å². The van der Waals surface area contributed by atoms with Gasteiger partial charge in [0.2, 0.25) is 0 Å². The number of carbonyl (C=O) groups is 1. The van der Waals surface area contributed by atoms with Crippen LogP contribution >= 0.6 is 0 Å². The standard InChI is InChI=1S/C14H18N4O/c1-9-5-10(6-15)8-18(9)14(19)11-3-2-4-13-12(11)7-16-17-13/h2-4,7,9-10H,5-6,8,15H2,1H3,(H,16,17)/t9-,10-/m0/s1. The highest BCUT2D eigenvalue weighted by molar-refractivity contribution is 6.06. The molecule has 3 N–H and O–H groups in total. The van der Waals surface area contributed by atoms with Gasteiger partial charge < -0.3 is 10.6 Å². The lowest BCUT2D eigenvalue weighted by Gasteiger charge is -2.21. The summed E-state index contributed by atoms with van der Waals surface area (Å²) < 4.78 is 0. The van der Waals surface area contributed by atoms with Crippen LogP contribution in [0.15, 0.2) is 24.4 Å². The van der Waals surface area contributed by atoms with Crippen molar-refractivity contribution in [2.45, 2.75) is 19.4 Å². The quantitative estimate of drug-likeness (QED) is 0.854. The zero-order valence-corrected chi connectivity index (χ0v) is 11.0. The van der Waals surface area contributed by atoms with Crippen LogP contribution in [0.4, 0.5) is 0 Å². The fourth-order valence-corrected chi connectivity index (χ4v) is 2.91. The molecule has 1 aromatic carbocycles. The number of hydrogen-bond donors (Lipinski definition) is 2. The highest BCUT2D eigenvalue weighted by Crippen LogP contribution is 2.26. The van der Waals surface area contributed by atoms with Gasteiger partial charge in [-0.05, 0) is 37.9 Å². The molecule has 1 aliphatic rings. The van der Waals surface area contributed by atoms with Crippen molar-refractivity contribution in [1.82, 2.24) is 15.1 Å². The number of rotatable bonds is 2. The number of nitrogens with zero attached hydrogens (tertiary/aromatic N) is 2. The first-order valence-corrected chi connectivity index (χ1v) is 6.64. The van der Waals surface area contributed by atoms with E-state index < -0.39 is 0 Å². The van der Waals surface area contributed by atoms with Crippen molar-refractivity contribution in [3.05, 3.63) is 30.0 Å². The average Bonchev–Trinajstić information content (AvgIpc) is 3.03. The van der Waals surface area contributed by atoms with Gasteiger partial charge in [0.25, 0.3) is 5.91 Å². The Morgan fingerprint density at radius 3 is 3.16 bits per heavy atom. The highest BCUT2D eigenvalue weighted by Gasteiger charge is 2.32. The summed E-state index contributed by atoms with van der Waals surface area (Å²) in [6.45, 7) is 3.48. The molecular weight excluding hydrogens is 240 g/mol. The van der Waals surface area contributed by atoms with Gasteiger partial charge in [0.1, 0.15) is 0 Å². The minimum absolute atomic E-state index is 0.0791. The van der Waals surface area contributed by atoms with Gasteiger partial charge in [-0.25, -0.2) is 0 Å². The molecule has 2 aromatic rings. The third-order valence-electron chi connectivity index (χ3n) is 3.97. The van der Waals surface area contributed by atoms with E-state index >= 15 is 0 Å². The number of likely N-dealkylation sites (tertiary alicyclic amines) is 1. The molecule has 0 radical (unpaired) electrons. The van der Waals surface area contributed by atoms with E-state index in [1.54, 1.807) is 6.20 Å². The molecule has 2 atom stereocenters. The van der Waals surface area contributed by atoms with Crippen LogP contribution in [0.3, 0.4) is 0 Å². The third kappa shape index (κ3) is 2.00. The predicted molar refractivity (Wildman–Crippen MR) is 73.8 cm³/mol. The fraction of sp³-hybridized carbons (Fsp3) is 0.429. The molecule has 0 unspecified atom stereocenters. The predicted octanol–water partition coefficient (Wildman–Crippen LogP) is 1.37. The number of H-pyrrole nitrogens is 1. The maximum Gasteiger partial charge on any atom is 0.254 e. The molecule has 5 nitrogen and oxygen atoms in total. The first-order chi connectivity index (χ1) is 9.20. The summed E-state index contributed by atoms with van der Waals surface area (Å²) in [6.07, 6.45) is 2.70. The Kier molecular flexibility index (Phi) is 2.98. The zero-order chi connectivity index (χ0) is 13.4. The number of aromatic nitrogens is 2. The van der Waals surface area contributed by atoms with E-state index in [0.717, 1.165) is 29.4 Å². The largest absolute Gasteiger partial charge is 0.336 e. The van der Waals surface area contributed by atoms with Crippen molar-refractivity contribution in [2.75, 3.05) is 13.1 Å². The molecular formula is C14H18N4O. The van der Waals surface area contributed by atoms with Crippen molar-refractivity contribution in [3.8, 4) is 0 Å². The van der Waals surface area contributed by atoms with E-state index in [1.165, 1.54) is 0 Å². The molecule has 0 aliphatic carbocycles. The number of fused-ring (bicyclic) bond motifs is 1. The van der Waals surface area contributed by atoms with Gasteiger partial charge in [-0.3, -0.25) is 9.89 Å². The van der Waals surface area contributed by atoms with Crippen LogP contribution in [0.1, 0.15) is 23.7 Å². The Hall–Kier alpha value is -1.88. The van der Waals surface area contributed by atoms with E-state index in [1.807, 2.05) is 23.1 Å². The molecule has 100 valence electrons. The zero-order valence-electron chi connectivity index (χ0n) is 11.0. The second kappa shape index (κ2) is 4.66. The van der Waals surface area contributed by atoms with Gasteiger partial charge in [0.05, 0.1) is 17.3 Å². The molecule has 1 amide bonds. The monoisotopic (exact) mass is 258 g/mol. The summed E-state index contributed by atoms with van der Waals surface area (Å²) in [5.41, 5.74) is 7.33. The van der Waals surface area contributed by atoms with E-state index in [4.69, 9.17) is 5.73 Å². The summed E-state index contributed by atoms with van der Waals surface area (Å²) in [6, 6.07) is 5.93. The van der Waals surface area contributed by atoms with Crippen molar-refractivity contribution < 1.29 is 4.79 Å². The molecule has 3 rings (SSSR count). The summed E-state index contributed by atoms with van der Waals surface area (Å²) in [4.78, 5) is 14.6. The Bertz CT molecular complexity index is 606. The van der Waals surface area contributed by atoms with Crippen LogP contribution in [-0.2, 0) is 0 Å². The molecule has 0 saturated carbocycles. The van der Waals surface area contributed by atoms with Crippen LogP contribution < -0.4 is 5.73 Å². The molecule has 0 spiro atoms. The van der Waals surface area contributed by atoms with Crippen LogP contribution in [0.2, 0.25) is 0 Å². The lowest BCUT2D eigenvalue weighted by atomic mass is 10.1. The maximum absolute atomic E-state index is 12.7. The van der Waals surface area contributed by atoms with Gasteiger partial charge in [-0.15, -0.1) is 0 Å². The smallest absolute Gasteiger partial charge is 0.254 e. The first kappa shape index (κ1) is 12.2. The number of hydrogen-bond acceptors (Lipinski definition) is 3. The van der Waals surface area contributed by atoms with E-state index in [0.29, 0.717) is 12.5 Å². The SMILES string of the molecule is C[C@H]1C[C@@H](CN)CN1C(=O)c1cccc2[nH]ncc12. The average molecular weight is 258 g/mol. The van der Waals surface area contributed by atoms with E-state index in [2.05, 4.69) is 17.1 Å². The number of aromatic amines is 1. The number of benzene rings is 1. The van der Waals surface area contributed by atoms with Crippen LogP contribution in [0, 0.1) is 5.92 Å². The van der Waals surface area contributed by atoms with E-state index in [9.17, 15) is 4.79 Å². The number of carbonyl (C=O) groups excluding carboxylic acids is 1. The molecule has 1 fully saturated rings. The second-order valence-corrected chi connectivity index (χ2v) is 5.28. The summed E-state index contributed by atoms with van der Waals surface area (Å²) >= 11 is 0. The van der Waals surface area contributed by atoms with E-state index in [-0.39, 0.29) is 11.9 Å². The Morgan fingerprint density at radius 1 is 1.58 bits per heavy atom. The maximum atomic E-state index is 12.7. The number of amides is 1. The number of nitrogens with one attached hydrogen (secondary N) is 1. The second-order valence-electron chi connectivity index (χ2n) is 5.28. The minimum atomic E-state index is 0.0791. The molecule has 1 aliphatic heterocycles. The summed E-state index contributed by atoms with van der Waals surface area (Å²) in [7, 11) is 0. The molecule has 2 heterocycles. The van der Waals surface area contributed by atoms with Crippen LogP contribution in [0.25, 0.3) is 10.9 Å². The van der Waals surface area contributed by atoms with Gasteiger partial charge >= 0.3 is 0 Å². The Labute approximate surface area is 111 Å². The Morgan fingerprint density at radius 2 is 2.42 bits per heavy atom.